The van der Waals surface area contributed by atoms with Crippen LogP contribution in [0.3, 0.4) is 0 Å². The number of fused-ring (bicyclic) bond motifs is 1. The Morgan fingerprint density at radius 3 is 2.82 bits per heavy atom. The molecule has 4 heterocycles. The number of nitrogens with one attached hydrogen (secondary N) is 1. The molecule has 1 atom stereocenters. The lowest BCUT2D eigenvalue weighted by atomic mass is 9.95. The summed E-state index contributed by atoms with van der Waals surface area (Å²) >= 11 is 6.22. The third-order valence-electron chi connectivity index (χ3n) is 6.12. The van der Waals surface area contributed by atoms with E-state index < -0.39 is 10.0 Å². The van der Waals surface area contributed by atoms with E-state index >= 15 is 0 Å². The molecule has 1 aliphatic rings. The molecule has 0 amide bonds. The first kappa shape index (κ1) is 22.8. The Labute approximate surface area is 204 Å². The molecule has 3 aromatic heterocycles. The van der Waals surface area contributed by atoms with Gasteiger partial charge in [0.1, 0.15) is 18.6 Å². The smallest absolute Gasteiger partial charge is 0.244 e. The summed E-state index contributed by atoms with van der Waals surface area (Å²) < 4.78 is 30.0. The van der Waals surface area contributed by atoms with E-state index in [9.17, 15) is 8.42 Å². The molecule has 34 heavy (non-hydrogen) atoms. The highest BCUT2D eigenvalue weighted by molar-refractivity contribution is 7.89. The Kier molecular flexibility index (Phi) is 6.29. The van der Waals surface area contributed by atoms with Crippen LogP contribution in [0.25, 0.3) is 5.65 Å². The molecule has 0 spiro atoms. The number of benzene rings is 1. The number of hydrogen-bond donors (Lipinski definition) is 1. The Bertz CT molecular complexity index is 1430. The zero-order valence-electron chi connectivity index (χ0n) is 18.7. The van der Waals surface area contributed by atoms with E-state index in [-0.39, 0.29) is 15.8 Å². The highest BCUT2D eigenvalue weighted by Crippen LogP contribution is 2.32. The van der Waals surface area contributed by atoms with Crippen LogP contribution in [0, 0.1) is 0 Å². The Morgan fingerprint density at radius 1 is 1.18 bits per heavy atom. The summed E-state index contributed by atoms with van der Waals surface area (Å²) in [6, 6.07) is 12.5. The molecular formula is C23H24BClN6O2S. The predicted octanol–water partition coefficient (Wildman–Crippen LogP) is 2.22. The van der Waals surface area contributed by atoms with Gasteiger partial charge in [-0.2, -0.15) is 13.9 Å². The van der Waals surface area contributed by atoms with Crippen molar-refractivity contribution in [1.82, 2.24) is 23.9 Å². The third kappa shape index (κ3) is 4.40. The van der Waals surface area contributed by atoms with E-state index in [4.69, 9.17) is 16.6 Å². The second-order valence-corrected chi connectivity index (χ2v) is 10.8. The molecule has 0 radical (unpaired) electrons. The van der Waals surface area contributed by atoms with Gasteiger partial charge >= 0.3 is 0 Å². The lowest BCUT2D eigenvalue weighted by molar-refractivity contribution is 0.313. The topological polar surface area (TPSA) is 92.5 Å². The van der Waals surface area contributed by atoms with Gasteiger partial charge in [-0.3, -0.25) is 4.98 Å². The van der Waals surface area contributed by atoms with Crippen LogP contribution < -0.4 is 10.8 Å². The molecule has 174 valence electrons. The first-order valence-corrected chi connectivity index (χ1v) is 13.0. The maximum Gasteiger partial charge on any atom is 0.244 e. The fourth-order valence-corrected chi connectivity index (χ4v) is 6.33. The highest BCUT2D eigenvalue weighted by Gasteiger charge is 2.33. The van der Waals surface area contributed by atoms with E-state index in [0.717, 1.165) is 41.0 Å². The summed E-state index contributed by atoms with van der Waals surface area (Å²) in [5.74, 6) is 0.771. The normalized spacial score (nSPS) is 17.1. The lowest BCUT2D eigenvalue weighted by Crippen LogP contribution is -2.39. The summed E-state index contributed by atoms with van der Waals surface area (Å²) in [6.07, 6.45) is 6.95. The second-order valence-electron chi connectivity index (χ2n) is 8.48. The predicted molar refractivity (Wildman–Crippen MR) is 135 cm³/mol. The number of hydrogen-bond acceptors (Lipinski definition) is 6. The second kappa shape index (κ2) is 9.36. The van der Waals surface area contributed by atoms with Crippen molar-refractivity contribution >= 4 is 46.4 Å². The van der Waals surface area contributed by atoms with Crippen LogP contribution in [0.15, 0.2) is 66.0 Å². The number of sulfonamides is 1. The van der Waals surface area contributed by atoms with E-state index in [1.54, 1.807) is 41.2 Å². The number of anilines is 1. The number of nitrogens with zero attached hydrogens (tertiary/aromatic N) is 5. The van der Waals surface area contributed by atoms with Crippen molar-refractivity contribution in [2.75, 3.05) is 18.4 Å². The molecule has 5 rings (SSSR count). The van der Waals surface area contributed by atoms with Gasteiger partial charge in [0.2, 0.25) is 10.0 Å². The molecule has 0 bridgehead atoms. The van der Waals surface area contributed by atoms with E-state index in [0.29, 0.717) is 19.6 Å². The minimum absolute atomic E-state index is 0.0377. The molecule has 1 unspecified atom stereocenters. The summed E-state index contributed by atoms with van der Waals surface area (Å²) in [7, 11) is -1.73. The van der Waals surface area contributed by atoms with Gasteiger partial charge in [-0.05, 0) is 42.1 Å². The largest absolute Gasteiger partial charge is 0.366 e. The monoisotopic (exact) mass is 494 g/mol. The first-order valence-electron chi connectivity index (χ1n) is 11.2. The van der Waals surface area contributed by atoms with E-state index in [1.807, 2.05) is 32.2 Å². The van der Waals surface area contributed by atoms with Gasteiger partial charge < -0.3 is 5.32 Å². The first-order chi connectivity index (χ1) is 16.4. The minimum atomic E-state index is -3.70. The number of pyridine rings is 1. The molecule has 1 saturated heterocycles. The van der Waals surface area contributed by atoms with Crippen LogP contribution >= 0.6 is 11.6 Å². The van der Waals surface area contributed by atoms with Crippen molar-refractivity contribution < 1.29 is 8.42 Å². The molecule has 0 aliphatic carbocycles. The van der Waals surface area contributed by atoms with Crippen molar-refractivity contribution in [2.24, 2.45) is 0 Å². The molecule has 0 saturated carbocycles. The van der Waals surface area contributed by atoms with Gasteiger partial charge in [-0.1, -0.05) is 29.8 Å². The lowest BCUT2D eigenvalue weighted by Gasteiger charge is -2.32. The van der Waals surface area contributed by atoms with Gasteiger partial charge in [0, 0.05) is 50.2 Å². The van der Waals surface area contributed by atoms with Gasteiger partial charge in [-0.15, -0.1) is 0 Å². The fraction of sp³-hybridized carbons (Fsp3) is 0.261. The van der Waals surface area contributed by atoms with Crippen LogP contribution in [0.2, 0.25) is 5.02 Å². The van der Waals surface area contributed by atoms with Crippen molar-refractivity contribution in [1.29, 1.82) is 0 Å². The van der Waals surface area contributed by atoms with Crippen LogP contribution in [0.4, 0.5) is 5.82 Å². The van der Waals surface area contributed by atoms with Crippen LogP contribution in [-0.4, -0.2) is 53.2 Å². The molecule has 8 nitrogen and oxygen atoms in total. The summed E-state index contributed by atoms with van der Waals surface area (Å²) in [5.41, 5.74) is 3.62. The molecule has 1 aromatic carbocycles. The summed E-state index contributed by atoms with van der Waals surface area (Å²) in [4.78, 5) is 9.20. The SMILES string of the molecule is Bc1cnn2c(NCc3cccnc3)cc(C3CCCN(S(=O)(=O)c4ccccc4Cl)C3)nc12. The Morgan fingerprint density at radius 2 is 2.03 bits per heavy atom. The zero-order chi connectivity index (χ0) is 23.7. The summed E-state index contributed by atoms with van der Waals surface area (Å²) in [5, 5.41) is 8.16. The number of aromatic nitrogens is 4. The summed E-state index contributed by atoms with van der Waals surface area (Å²) in [6.45, 7) is 1.40. The maximum atomic E-state index is 13.3. The van der Waals surface area contributed by atoms with E-state index in [2.05, 4.69) is 15.4 Å². The molecule has 4 aromatic rings. The van der Waals surface area contributed by atoms with Gasteiger partial charge in [-0.25, -0.2) is 13.4 Å². The highest BCUT2D eigenvalue weighted by atomic mass is 35.5. The van der Waals surface area contributed by atoms with Gasteiger partial charge in [0.15, 0.2) is 5.65 Å². The van der Waals surface area contributed by atoms with Crippen molar-refractivity contribution in [3.05, 3.63) is 77.3 Å². The van der Waals surface area contributed by atoms with Gasteiger partial charge in [0.25, 0.3) is 0 Å². The van der Waals surface area contributed by atoms with Crippen LogP contribution in [-0.2, 0) is 16.6 Å². The van der Waals surface area contributed by atoms with Crippen LogP contribution in [0.5, 0.6) is 0 Å². The third-order valence-corrected chi connectivity index (χ3v) is 8.49. The molecule has 1 N–H and O–H groups in total. The van der Waals surface area contributed by atoms with E-state index in [1.165, 1.54) is 4.31 Å². The molecule has 11 heteroatoms. The molecule has 1 fully saturated rings. The molecular weight excluding hydrogens is 471 g/mol. The Balaban J connectivity index is 1.45. The molecule has 1 aliphatic heterocycles. The van der Waals surface area contributed by atoms with Gasteiger partial charge in [0.05, 0.1) is 10.7 Å². The average molecular weight is 495 g/mol. The number of rotatable bonds is 6. The standard InChI is InChI=1S/C23H24BClN6O2S/c24-18-14-28-31-22(27-13-16-5-3-9-26-12-16)11-20(29-23(18)31)17-6-4-10-30(15-17)34(32,33)21-8-2-1-7-19(21)25/h1-3,5,7-9,11-12,14,17,27H,4,6,10,13,15,24H2. The van der Waals surface area contributed by atoms with Crippen molar-refractivity contribution in [3.8, 4) is 0 Å². The Hall–Kier alpha value is -2.95. The van der Waals surface area contributed by atoms with Crippen molar-refractivity contribution in [3.63, 3.8) is 0 Å². The fourth-order valence-electron chi connectivity index (χ4n) is 4.32. The number of halogens is 1. The minimum Gasteiger partial charge on any atom is -0.366 e. The van der Waals surface area contributed by atoms with Crippen LogP contribution in [0.1, 0.15) is 30.0 Å². The number of piperidine rings is 1. The quantitative estimate of drug-likeness (QED) is 0.413. The average Bonchev–Trinajstić information content (AvgIpc) is 3.24. The zero-order valence-corrected chi connectivity index (χ0v) is 20.3. The maximum absolute atomic E-state index is 13.3. The van der Waals surface area contributed by atoms with Crippen molar-refractivity contribution in [2.45, 2.75) is 30.2 Å².